The fourth-order valence-corrected chi connectivity index (χ4v) is 2.29. The summed E-state index contributed by atoms with van der Waals surface area (Å²) in [7, 11) is 0. The molecule has 0 aliphatic carbocycles. The molecule has 0 atom stereocenters. The number of carboxylic acid groups (broad SMARTS) is 1. The Balaban J connectivity index is 2.35. The number of aliphatic carboxylic acids is 1. The van der Waals surface area contributed by atoms with Crippen molar-refractivity contribution in [3.8, 4) is 11.5 Å². The van der Waals surface area contributed by atoms with Crippen LogP contribution in [-0.4, -0.2) is 11.1 Å². The molecule has 0 spiro atoms. The van der Waals surface area contributed by atoms with E-state index in [0.29, 0.717) is 17.1 Å². The number of hydrogen-bond donors (Lipinski definition) is 1. The molecule has 21 heavy (non-hydrogen) atoms. The molecule has 3 nitrogen and oxygen atoms in total. The third-order valence-corrected chi connectivity index (χ3v) is 4.12. The van der Waals surface area contributed by atoms with Gasteiger partial charge in [-0.2, -0.15) is 0 Å². The third kappa shape index (κ3) is 4.44. The predicted molar refractivity (Wildman–Crippen MR) is 89.8 cm³/mol. The van der Waals surface area contributed by atoms with Crippen molar-refractivity contribution in [2.45, 2.75) is 6.92 Å². The summed E-state index contributed by atoms with van der Waals surface area (Å²) >= 11 is 6.83. The monoisotopic (exact) mass is 410 g/mol. The molecule has 0 radical (unpaired) electrons. The summed E-state index contributed by atoms with van der Waals surface area (Å²) in [4.78, 5) is 10.6. The first-order chi connectivity index (χ1) is 9.95. The van der Waals surface area contributed by atoms with E-state index in [4.69, 9.17) is 9.84 Å². The van der Waals surface area contributed by atoms with E-state index in [1.807, 2.05) is 31.2 Å². The van der Waals surface area contributed by atoms with Crippen LogP contribution in [0.5, 0.6) is 11.5 Å². The summed E-state index contributed by atoms with van der Waals surface area (Å²) in [5.74, 6) is 0.283. The molecule has 2 aromatic rings. The lowest BCUT2D eigenvalue weighted by atomic mass is 10.2. The van der Waals surface area contributed by atoms with Crippen LogP contribution in [0.2, 0.25) is 0 Å². The normalized spacial score (nSPS) is 10.8. The largest absolute Gasteiger partial charge is 0.478 e. The van der Waals surface area contributed by atoms with E-state index in [1.54, 1.807) is 12.1 Å². The van der Waals surface area contributed by atoms with Crippen LogP contribution < -0.4 is 4.74 Å². The predicted octanol–water partition coefficient (Wildman–Crippen LogP) is 5.41. The van der Waals surface area contributed by atoms with Crippen LogP contribution in [0.1, 0.15) is 11.1 Å². The number of ether oxygens (including phenoxy) is 1. The lowest BCUT2D eigenvalue weighted by molar-refractivity contribution is -0.131. The molecule has 5 heteroatoms. The number of benzene rings is 2. The summed E-state index contributed by atoms with van der Waals surface area (Å²) in [6.07, 6.45) is 2.60. The Morgan fingerprint density at radius 1 is 1.19 bits per heavy atom. The lowest BCUT2D eigenvalue weighted by Gasteiger charge is -2.10. The van der Waals surface area contributed by atoms with Crippen molar-refractivity contribution in [2.75, 3.05) is 0 Å². The number of aryl methyl sites for hydroxylation is 1. The van der Waals surface area contributed by atoms with E-state index in [1.165, 1.54) is 6.08 Å². The van der Waals surface area contributed by atoms with Gasteiger partial charge < -0.3 is 9.84 Å². The first-order valence-electron chi connectivity index (χ1n) is 6.10. The average Bonchev–Trinajstić information content (AvgIpc) is 2.42. The van der Waals surface area contributed by atoms with Gasteiger partial charge in [-0.15, -0.1) is 0 Å². The van der Waals surface area contributed by atoms with Gasteiger partial charge in [-0.05, 0) is 48.9 Å². The zero-order valence-electron chi connectivity index (χ0n) is 11.1. The molecule has 0 saturated heterocycles. The summed E-state index contributed by atoms with van der Waals surface area (Å²) < 4.78 is 7.73. The number of carbonyl (C=O) groups is 1. The fourth-order valence-electron chi connectivity index (χ4n) is 1.70. The zero-order valence-corrected chi connectivity index (χ0v) is 14.3. The van der Waals surface area contributed by atoms with Crippen LogP contribution in [0.15, 0.2) is 51.4 Å². The molecule has 0 amide bonds. The van der Waals surface area contributed by atoms with Gasteiger partial charge in [0, 0.05) is 20.6 Å². The van der Waals surface area contributed by atoms with Crippen molar-refractivity contribution in [3.05, 3.63) is 62.5 Å². The molecule has 2 aromatic carbocycles. The van der Waals surface area contributed by atoms with Gasteiger partial charge in [0.15, 0.2) is 0 Å². The Morgan fingerprint density at radius 3 is 2.62 bits per heavy atom. The molecule has 0 aromatic heterocycles. The highest BCUT2D eigenvalue weighted by Gasteiger charge is 2.06. The minimum Gasteiger partial charge on any atom is -0.478 e. The molecule has 0 unspecified atom stereocenters. The highest BCUT2D eigenvalue weighted by molar-refractivity contribution is 9.10. The molecular weight excluding hydrogens is 400 g/mol. The molecule has 108 valence electrons. The quantitative estimate of drug-likeness (QED) is 0.684. The van der Waals surface area contributed by atoms with Crippen molar-refractivity contribution in [1.82, 2.24) is 0 Å². The van der Waals surface area contributed by atoms with Crippen molar-refractivity contribution >= 4 is 43.9 Å². The van der Waals surface area contributed by atoms with Gasteiger partial charge in [0.25, 0.3) is 0 Å². The van der Waals surface area contributed by atoms with Crippen LogP contribution in [0.3, 0.4) is 0 Å². The van der Waals surface area contributed by atoms with E-state index in [2.05, 4.69) is 31.9 Å². The SMILES string of the molecule is Cc1cc(Oc2cc(Br)ccc2/C=C/C(=O)O)ccc1Br. The maximum atomic E-state index is 10.6. The van der Waals surface area contributed by atoms with Crippen LogP contribution in [0.25, 0.3) is 6.08 Å². The first kappa shape index (κ1) is 15.8. The highest BCUT2D eigenvalue weighted by atomic mass is 79.9. The second-order valence-corrected chi connectivity index (χ2v) is 6.14. The van der Waals surface area contributed by atoms with Crippen LogP contribution in [0.4, 0.5) is 0 Å². The smallest absolute Gasteiger partial charge is 0.328 e. The number of rotatable bonds is 4. The second-order valence-electron chi connectivity index (χ2n) is 4.37. The lowest BCUT2D eigenvalue weighted by Crippen LogP contribution is -1.90. The molecular formula is C16H12Br2O3. The topological polar surface area (TPSA) is 46.5 Å². The van der Waals surface area contributed by atoms with Gasteiger partial charge in [0.2, 0.25) is 0 Å². The van der Waals surface area contributed by atoms with E-state index in [-0.39, 0.29) is 0 Å². The van der Waals surface area contributed by atoms with E-state index in [0.717, 1.165) is 20.6 Å². The van der Waals surface area contributed by atoms with Crippen molar-refractivity contribution in [2.24, 2.45) is 0 Å². The summed E-state index contributed by atoms with van der Waals surface area (Å²) in [6.45, 7) is 1.98. The standard InChI is InChI=1S/C16H12Br2O3/c1-10-8-13(5-6-14(10)18)21-15-9-12(17)4-2-11(15)3-7-16(19)20/h2-9H,1H3,(H,19,20)/b7-3+. The van der Waals surface area contributed by atoms with Gasteiger partial charge in [-0.3, -0.25) is 0 Å². The summed E-state index contributed by atoms with van der Waals surface area (Å²) in [6, 6.07) is 11.1. The summed E-state index contributed by atoms with van der Waals surface area (Å²) in [5.41, 5.74) is 1.76. The van der Waals surface area contributed by atoms with Gasteiger partial charge >= 0.3 is 5.97 Å². The van der Waals surface area contributed by atoms with E-state index in [9.17, 15) is 4.79 Å². The molecule has 0 aliphatic heterocycles. The fraction of sp³-hybridized carbons (Fsp3) is 0.0625. The van der Waals surface area contributed by atoms with Crippen LogP contribution in [-0.2, 0) is 4.79 Å². The Labute approximate surface area is 139 Å². The van der Waals surface area contributed by atoms with Crippen LogP contribution in [0, 0.1) is 6.92 Å². The van der Waals surface area contributed by atoms with Crippen molar-refractivity contribution < 1.29 is 14.6 Å². The minimum absolute atomic E-state index is 0.587. The number of hydrogen-bond acceptors (Lipinski definition) is 2. The second kappa shape index (κ2) is 6.91. The Morgan fingerprint density at radius 2 is 1.95 bits per heavy atom. The maximum absolute atomic E-state index is 10.6. The number of halogens is 2. The Kier molecular flexibility index (Phi) is 5.20. The molecule has 0 aliphatic rings. The van der Waals surface area contributed by atoms with E-state index < -0.39 is 5.97 Å². The first-order valence-corrected chi connectivity index (χ1v) is 7.69. The summed E-state index contributed by atoms with van der Waals surface area (Å²) in [5, 5.41) is 8.73. The molecule has 1 N–H and O–H groups in total. The molecule has 0 heterocycles. The highest BCUT2D eigenvalue weighted by Crippen LogP contribution is 2.31. The van der Waals surface area contributed by atoms with Gasteiger partial charge in [0.1, 0.15) is 11.5 Å². The molecule has 0 bridgehead atoms. The van der Waals surface area contributed by atoms with Gasteiger partial charge in [0.05, 0.1) is 0 Å². The van der Waals surface area contributed by atoms with Gasteiger partial charge in [-0.1, -0.05) is 37.9 Å². The van der Waals surface area contributed by atoms with Crippen molar-refractivity contribution in [1.29, 1.82) is 0 Å². The Bertz CT molecular complexity index is 709. The van der Waals surface area contributed by atoms with E-state index >= 15 is 0 Å². The Hall–Kier alpha value is -1.59. The average molecular weight is 412 g/mol. The molecule has 2 rings (SSSR count). The van der Waals surface area contributed by atoms with Gasteiger partial charge in [-0.25, -0.2) is 4.79 Å². The van der Waals surface area contributed by atoms with Crippen molar-refractivity contribution in [3.63, 3.8) is 0 Å². The van der Waals surface area contributed by atoms with Crippen LogP contribution >= 0.6 is 31.9 Å². The third-order valence-electron chi connectivity index (χ3n) is 2.74. The molecule has 0 fully saturated rings. The minimum atomic E-state index is -0.997. The molecule has 0 saturated carbocycles. The number of carboxylic acids is 1. The zero-order chi connectivity index (χ0) is 15.4. The maximum Gasteiger partial charge on any atom is 0.328 e.